The van der Waals surface area contributed by atoms with Gasteiger partial charge in [0.25, 0.3) is 5.91 Å². The molecule has 0 atom stereocenters. The summed E-state index contributed by atoms with van der Waals surface area (Å²) >= 11 is 12.6. The molecule has 0 heterocycles. The minimum absolute atomic E-state index is 0.118. The third-order valence-electron chi connectivity index (χ3n) is 2.02. The lowest BCUT2D eigenvalue weighted by Crippen LogP contribution is -2.24. The average molecular weight is 369 g/mol. The SMILES string of the molecule is O=C(NCCCCBr)c1ccc(Br)cc1Cl. The Morgan fingerprint density at radius 3 is 2.75 bits per heavy atom. The van der Waals surface area contributed by atoms with Crippen LogP contribution in [0.15, 0.2) is 22.7 Å². The lowest BCUT2D eigenvalue weighted by atomic mass is 10.2. The van der Waals surface area contributed by atoms with Gasteiger partial charge >= 0.3 is 0 Å². The molecular formula is C11H12Br2ClNO. The van der Waals surface area contributed by atoms with Crippen molar-refractivity contribution in [1.29, 1.82) is 0 Å². The number of carbonyl (C=O) groups excluding carboxylic acids is 1. The maximum Gasteiger partial charge on any atom is 0.252 e. The molecule has 0 radical (unpaired) electrons. The molecule has 0 aromatic heterocycles. The highest BCUT2D eigenvalue weighted by Crippen LogP contribution is 2.21. The van der Waals surface area contributed by atoms with E-state index in [1.54, 1.807) is 18.2 Å². The predicted octanol–water partition coefficient (Wildman–Crippen LogP) is 4.01. The van der Waals surface area contributed by atoms with E-state index in [1.165, 1.54) is 0 Å². The van der Waals surface area contributed by atoms with E-state index in [0.29, 0.717) is 17.1 Å². The highest BCUT2D eigenvalue weighted by atomic mass is 79.9. The third kappa shape index (κ3) is 4.44. The summed E-state index contributed by atoms with van der Waals surface area (Å²) in [6, 6.07) is 5.24. The van der Waals surface area contributed by atoms with Gasteiger partial charge in [0.2, 0.25) is 0 Å². The topological polar surface area (TPSA) is 29.1 Å². The van der Waals surface area contributed by atoms with Crippen LogP contribution in [-0.2, 0) is 0 Å². The lowest BCUT2D eigenvalue weighted by Gasteiger charge is -2.06. The van der Waals surface area contributed by atoms with Crippen molar-refractivity contribution in [2.24, 2.45) is 0 Å². The van der Waals surface area contributed by atoms with Gasteiger partial charge in [0.15, 0.2) is 0 Å². The maximum atomic E-state index is 11.7. The highest BCUT2D eigenvalue weighted by Gasteiger charge is 2.09. The molecule has 1 rings (SSSR count). The number of benzene rings is 1. The van der Waals surface area contributed by atoms with E-state index in [2.05, 4.69) is 37.2 Å². The number of alkyl halides is 1. The van der Waals surface area contributed by atoms with Gasteiger partial charge in [-0.3, -0.25) is 4.79 Å². The molecule has 1 N–H and O–H groups in total. The smallest absolute Gasteiger partial charge is 0.252 e. The minimum Gasteiger partial charge on any atom is -0.352 e. The number of unbranched alkanes of at least 4 members (excludes halogenated alkanes) is 1. The van der Waals surface area contributed by atoms with Crippen molar-refractivity contribution in [3.05, 3.63) is 33.3 Å². The van der Waals surface area contributed by atoms with Crippen molar-refractivity contribution in [3.63, 3.8) is 0 Å². The van der Waals surface area contributed by atoms with Crippen molar-refractivity contribution in [2.45, 2.75) is 12.8 Å². The molecule has 88 valence electrons. The Labute approximate surface area is 117 Å². The fourth-order valence-corrected chi connectivity index (χ4v) is 2.35. The summed E-state index contributed by atoms with van der Waals surface area (Å²) in [4.78, 5) is 11.7. The molecule has 0 saturated carbocycles. The Bertz CT molecular complexity index is 371. The summed E-state index contributed by atoms with van der Waals surface area (Å²) in [6.45, 7) is 0.677. The summed E-state index contributed by atoms with van der Waals surface area (Å²) in [7, 11) is 0. The number of carbonyl (C=O) groups is 1. The molecule has 0 spiro atoms. The number of hydrogen-bond donors (Lipinski definition) is 1. The standard InChI is InChI=1S/C11H12Br2ClNO/c12-5-1-2-6-15-11(16)9-4-3-8(13)7-10(9)14/h3-4,7H,1-2,5-6H2,(H,15,16). The number of nitrogens with one attached hydrogen (secondary N) is 1. The summed E-state index contributed by atoms with van der Waals surface area (Å²) in [5.74, 6) is -0.118. The third-order valence-corrected chi connectivity index (χ3v) is 3.39. The normalized spacial score (nSPS) is 10.2. The van der Waals surface area contributed by atoms with E-state index in [0.717, 1.165) is 22.6 Å². The zero-order valence-corrected chi connectivity index (χ0v) is 12.5. The van der Waals surface area contributed by atoms with Crippen LogP contribution in [0.25, 0.3) is 0 Å². The number of rotatable bonds is 5. The van der Waals surface area contributed by atoms with E-state index in [9.17, 15) is 4.79 Å². The van der Waals surface area contributed by atoms with Gasteiger partial charge in [-0.2, -0.15) is 0 Å². The molecule has 0 bridgehead atoms. The monoisotopic (exact) mass is 367 g/mol. The van der Waals surface area contributed by atoms with Crippen LogP contribution in [0.5, 0.6) is 0 Å². The maximum absolute atomic E-state index is 11.7. The molecule has 0 saturated heterocycles. The Balaban J connectivity index is 2.53. The van der Waals surface area contributed by atoms with Gasteiger partial charge in [0.1, 0.15) is 0 Å². The number of halogens is 3. The highest BCUT2D eigenvalue weighted by molar-refractivity contribution is 9.10. The predicted molar refractivity (Wildman–Crippen MR) is 74.5 cm³/mol. The summed E-state index contributed by atoms with van der Waals surface area (Å²) in [6.07, 6.45) is 2.01. The van der Waals surface area contributed by atoms with Crippen molar-refractivity contribution >= 4 is 49.4 Å². The van der Waals surface area contributed by atoms with Crippen LogP contribution in [-0.4, -0.2) is 17.8 Å². The molecule has 1 aromatic carbocycles. The first kappa shape index (κ1) is 14.0. The molecular weight excluding hydrogens is 357 g/mol. The Hall–Kier alpha value is -0.0600. The van der Waals surface area contributed by atoms with Gasteiger partial charge in [-0.1, -0.05) is 43.5 Å². The van der Waals surface area contributed by atoms with E-state index < -0.39 is 0 Å². The van der Waals surface area contributed by atoms with Crippen LogP contribution in [0.2, 0.25) is 5.02 Å². The lowest BCUT2D eigenvalue weighted by molar-refractivity contribution is 0.0953. The Morgan fingerprint density at radius 2 is 2.12 bits per heavy atom. The fraction of sp³-hybridized carbons (Fsp3) is 0.364. The van der Waals surface area contributed by atoms with Gasteiger partial charge in [-0.15, -0.1) is 0 Å². The second-order valence-electron chi connectivity index (χ2n) is 3.28. The van der Waals surface area contributed by atoms with Gasteiger partial charge in [-0.05, 0) is 31.0 Å². The molecule has 1 aromatic rings. The average Bonchev–Trinajstić information content (AvgIpc) is 2.24. The van der Waals surface area contributed by atoms with Crippen LogP contribution in [0.1, 0.15) is 23.2 Å². The van der Waals surface area contributed by atoms with E-state index >= 15 is 0 Å². The van der Waals surface area contributed by atoms with Crippen LogP contribution >= 0.6 is 43.5 Å². The molecule has 2 nitrogen and oxygen atoms in total. The van der Waals surface area contributed by atoms with E-state index in [4.69, 9.17) is 11.6 Å². The van der Waals surface area contributed by atoms with Crippen molar-refractivity contribution in [2.75, 3.05) is 11.9 Å². The number of amides is 1. The van der Waals surface area contributed by atoms with Crippen LogP contribution in [0.4, 0.5) is 0 Å². The molecule has 0 fully saturated rings. The second kappa shape index (κ2) is 7.30. The Kier molecular flexibility index (Phi) is 6.39. The minimum atomic E-state index is -0.118. The van der Waals surface area contributed by atoms with Crippen LogP contribution in [0, 0.1) is 0 Å². The first-order chi connectivity index (χ1) is 7.65. The molecule has 5 heteroatoms. The summed E-state index contributed by atoms with van der Waals surface area (Å²) in [5, 5.41) is 4.26. The van der Waals surface area contributed by atoms with Crippen LogP contribution in [0.3, 0.4) is 0 Å². The first-order valence-corrected chi connectivity index (χ1v) is 7.23. The van der Waals surface area contributed by atoms with Crippen LogP contribution < -0.4 is 5.32 Å². The zero-order chi connectivity index (χ0) is 12.0. The van der Waals surface area contributed by atoms with Gasteiger partial charge in [-0.25, -0.2) is 0 Å². The largest absolute Gasteiger partial charge is 0.352 e. The summed E-state index contributed by atoms with van der Waals surface area (Å²) < 4.78 is 0.869. The van der Waals surface area contributed by atoms with Crippen molar-refractivity contribution in [3.8, 4) is 0 Å². The molecule has 0 unspecified atom stereocenters. The van der Waals surface area contributed by atoms with Gasteiger partial charge in [0.05, 0.1) is 10.6 Å². The molecule has 0 aliphatic rings. The number of hydrogen-bond acceptors (Lipinski definition) is 1. The van der Waals surface area contributed by atoms with Crippen molar-refractivity contribution in [1.82, 2.24) is 5.32 Å². The quantitative estimate of drug-likeness (QED) is 0.617. The molecule has 0 aliphatic carbocycles. The van der Waals surface area contributed by atoms with Crippen molar-refractivity contribution < 1.29 is 4.79 Å². The zero-order valence-electron chi connectivity index (χ0n) is 8.60. The second-order valence-corrected chi connectivity index (χ2v) is 5.39. The molecule has 16 heavy (non-hydrogen) atoms. The van der Waals surface area contributed by atoms with Gasteiger partial charge < -0.3 is 5.32 Å². The molecule has 0 aliphatic heterocycles. The summed E-state index contributed by atoms with van der Waals surface area (Å²) in [5.41, 5.74) is 0.517. The fourth-order valence-electron chi connectivity index (χ4n) is 1.19. The van der Waals surface area contributed by atoms with Gasteiger partial charge in [0, 0.05) is 16.3 Å². The Morgan fingerprint density at radius 1 is 1.38 bits per heavy atom. The van der Waals surface area contributed by atoms with E-state index in [1.807, 2.05) is 0 Å². The first-order valence-electron chi connectivity index (χ1n) is 4.94. The molecule has 1 amide bonds. The van der Waals surface area contributed by atoms with E-state index in [-0.39, 0.29) is 5.91 Å².